The first-order valence-corrected chi connectivity index (χ1v) is 11.8. The lowest BCUT2D eigenvalue weighted by atomic mass is 10.1. The van der Waals surface area contributed by atoms with E-state index in [1.54, 1.807) is 7.11 Å². The van der Waals surface area contributed by atoms with Crippen molar-refractivity contribution in [3.8, 4) is 16.3 Å². The number of carbonyl (C=O) groups is 3. The highest BCUT2D eigenvalue weighted by Crippen LogP contribution is 2.28. The van der Waals surface area contributed by atoms with Gasteiger partial charge in [-0.3, -0.25) is 14.5 Å². The Morgan fingerprint density at radius 1 is 1.18 bits per heavy atom. The molecule has 0 spiro atoms. The number of fused-ring (bicyclic) bond motifs is 1. The van der Waals surface area contributed by atoms with Gasteiger partial charge in [0.05, 0.1) is 42.1 Å². The number of ether oxygens (including phenoxy) is 3. The first-order valence-electron chi connectivity index (χ1n) is 10.9. The second-order valence-corrected chi connectivity index (χ2v) is 8.93. The number of amides is 2. The summed E-state index contributed by atoms with van der Waals surface area (Å²) in [5.41, 5.74) is 2.25. The van der Waals surface area contributed by atoms with Crippen LogP contribution >= 0.6 is 11.3 Å². The first-order chi connectivity index (χ1) is 16.5. The number of esters is 1. The lowest BCUT2D eigenvalue weighted by Gasteiger charge is -2.17. The summed E-state index contributed by atoms with van der Waals surface area (Å²) in [7, 11) is 1.61. The minimum Gasteiger partial charge on any atom is -0.497 e. The summed E-state index contributed by atoms with van der Waals surface area (Å²) in [5, 5.41) is 2.62. The summed E-state index contributed by atoms with van der Waals surface area (Å²) in [6.45, 7) is 0.865. The average molecular weight is 479 g/mol. The molecule has 0 saturated carbocycles. The van der Waals surface area contributed by atoms with E-state index in [-0.39, 0.29) is 36.3 Å². The molecular formula is C25H22N2O6S. The van der Waals surface area contributed by atoms with Crippen molar-refractivity contribution in [2.24, 2.45) is 0 Å². The van der Waals surface area contributed by atoms with Crippen LogP contribution in [-0.2, 0) is 16.1 Å². The van der Waals surface area contributed by atoms with Gasteiger partial charge >= 0.3 is 5.97 Å². The van der Waals surface area contributed by atoms with Gasteiger partial charge in [0, 0.05) is 17.6 Å². The molecule has 174 valence electrons. The third-order valence-corrected chi connectivity index (χ3v) is 6.78. The van der Waals surface area contributed by atoms with E-state index in [4.69, 9.17) is 14.2 Å². The van der Waals surface area contributed by atoms with E-state index in [1.807, 2.05) is 29.6 Å². The Kier molecular flexibility index (Phi) is 6.12. The lowest BCUT2D eigenvalue weighted by Crippen LogP contribution is -2.36. The fourth-order valence-electron chi connectivity index (χ4n) is 4.06. The molecule has 2 aliphatic heterocycles. The quantitative estimate of drug-likeness (QED) is 0.375. The molecule has 3 aromatic rings. The van der Waals surface area contributed by atoms with E-state index in [0.29, 0.717) is 17.9 Å². The van der Waals surface area contributed by atoms with Gasteiger partial charge < -0.3 is 14.2 Å². The molecule has 1 atom stereocenters. The Labute approximate surface area is 200 Å². The van der Waals surface area contributed by atoms with Crippen molar-refractivity contribution < 1.29 is 28.6 Å². The zero-order chi connectivity index (χ0) is 23.7. The molecule has 1 fully saturated rings. The molecule has 9 heteroatoms. The predicted molar refractivity (Wildman–Crippen MR) is 124 cm³/mol. The number of benzene rings is 2. The Hall–Kier alpha value is -3.56. The van der Waals surface area contributed by atoms with Crippen molar-refractivity contribution in [3.63, 3.8) is 0 Å². The van der Waals surface area contributed by atoms with Crippen molar-refractivity contribution in [3.05, 3.63) is 70.2 Å². The third kappa shape index (κ3) is 4.32. The van der Waals surface area contributed by atoms with Crippen LogP contribution in [0.2, 0.25) is 0 Å². The SMILES string of the molecule is COc1cccc(-c2nc(COC(=O)c3ccc4c(c3)C(=O)N(CC3CCCO3)C4=O)cs2)c1. The van der Waals surface area contributed by atoms with Gasteiger partial charge in [-0.25, -0.2) is 9.78 Å². The number of nitrogens with zero attached hydrogens (tertiary/aromatic N) is 2. The van der Waals surface area contributed by atoms with E-state index in [1.165, 1.54) is 34.4 Å². The summed E-state index contributed by atoms with van der Waals surface area (Å²) < 4.78 is 16.2. The van der Waals surface area contributed by atoms with Gasteiger partial charge in [0.2, 0.25) is 0 Å². The van der Waals surface area contributed by atoms with Crippen LogP contribution in [0, 0.1) is 0 Å². The molecule has 0 radical (unpaired) electrons. The van der Waals surface area contributed by atoms with E-state index in [9.17, 15) is 14.4 Å². The van der Waals surface area contributed by atoms with Gasteiger partial charge in [0.15, 0.2) is 0 Å². The first kappa shape index (κ1) is 22.2. The normalized spacial score (nSPS) is 17.2. The highest BCUT2D eigenvalue weighted by Gasteiger charge is 2.38. The van der Waals surface area contributed by atoms with Crippen LogP contribution in [0.25, 0.3) is 10.6 Å². The highest BCUT2D eigenvalue weighted by molar-refractivity contribution is 7.13. The zero-order valence-electron chi connectivity index (χ0n) is 18.5. The van der Waals surface area contributed by atoms with Crippen molar-refractivity contribution in [2.45, 2.75) is 25.6 Å². The second kappa shape index (κ2) is 9.36. The molecule has 1 aromatic heterocycles. The molecule has 2 aliphatic rings. The maximum absolute atomic E-state index is 12.8. The molecule has 0 aliphatic carbocycles. The molecule has 1 unspecified atom stereocenters. The number of imide groups is 1. The fourth-order valence-corrected chi connectivity index (χ4v) is 4.86. The zero-order valence-corrected chi connectivity index (χ0v) is 19.3. The van der Waals surface area contributed by atoms with Crippen LogP contribution < -0.4 is 4.74 Å². The Bertz CT molecular complexity index is 1260. The van der Waals surface area contributed by atoms with E-state index in [2.05, 4.69) is 4.98 Å². The van der Waals surface area contributed by atoms with Crippen molar-refractivity contribution in [1.82, 2.24) is 9.88 Å². The summed E-state index contributed by atoms with van der Waals surface area (Å²) >= 11 is 1.44. The second-order valence-electron chi connectivity index (χ2n) is 8.07. The van der Waals surface area contributed by atoms with Crippen LogP contribution in [0.3, 0.4) is 0 Å². The largest absolute Gasteiger partial charge is 0.497 e. The topological polar surface area (TPSA) is 95.0 Å². The van der Waals surface area contributed by atoms with Gasteiger partial charge in [-0.05, 0) is 43.2 Å². The predicted octanol–water partition coefficient (Wildman–Crippen LogP) is 3.95. The molecule has 1 saturated heterocycles. The maximum Gasteiger partial charge on any atom is 0.338 e. The molecule has 2 aromatic carbocycles. The molecule has 0 N–H and O–H groups in total. The molecule has 3 heterocycles. The summed E-state index contributed by atoms with van der Waals surface area (Å²) in [6.07, 6.45) is 1.61. The van der Waals surface area contributed by atoms with Gasteiger partial charge in [0.1, 0.15) is 17.4 Å². The summed E-state index contributed by atoms with van der Waals surface area (Å²) in [6, 6.07) is 12.0. The van der Waals surface area contributed by atoms with E-state index < -0.39 is 11.9 Å². The van der Waals surface area contributed by atoms with Crippen molar-refractivity contribution >= 4 is 29.1 Å². The van der Waals surface area contributed by atoms with E-state index in [0.717, 1.165) is 29.2 Å². The fraction of sp³-hybridized carbons (Fsp3) is 0.280. The number of rotatable bonds is 7. The van der Waals surface area contributed by atoms with Crippen molar-refractivity contribution in [1.29, 1.82) is 0 Å². The number of hydrogen-bond acceptors (Lipinski definition) is 8. The number of methoxy groups -OCH3 is 1. The molecule has 5 rings (SSSR count). The minimum atomic E-state index is -0.587. The van der Waals surface area contributed by atoms with Crippen LogP contribution in [-0.4, -0.2) is 54.0 Å². The average Bonchev–Trinajstić information content (AvgIpc) is 3.61. The van der Waals surface area contributed by atoms with Crippen LogP contribution in [0.15, 0.2) is 47.8 Å². The van der Waals surface area contributed by atoms with E-state index >= 15 is 0 Å². The molecule has 2 amide bonds. The van der Waals surface area contributed by atoms with Crippen LogP contribution in [0.1, 0.15) is 49.6 Å². The number of thiazole rings is 1. The van der Waals surface area contributed by atoms with Gasteiger partial charge in [-0.2, -0.15) is 0 Å². The van der Waals surface area contributed by atoms with Crippen molar-refractivity contribution in [2.75, 3.05) is 20.3 Å². The number of aromatic nitrogens is 1. The lowest BCUT2D eigenvalue weighted by molar-refractivity contribution is 0.0466. The molecule has 8 nitrogen and oxygen atoms in total. The maximum atomic E-state index is 12.8. The number of carbonyl (C=O) groups excluding carboxylic acids is 3. The third-order valence-electron chi connectivity index (χ3n) is 5.84. The molecular weight excluding hydrogens is 456 g/mol. The van der Waals surface area contributed by atoms with Crippen LogP contribution in [0.4, 0.5) is 0 Å². The summed E-state index contributed by atoms with van der Waals surface area (Å²) in [4.78, 5) is 43.8. The van der Waals surface area contributed by atoms with Gasteiger partial charge in [-0.1, -0.05) is 12.1 Å². The Balaban J connectivity index is 1.24. The smallest absolute Gasteiger partial charge is 0.338 e. The van der Waals surface area contributed by atoms with Gasteiger partial charge in [-0.15, -0.1) is 11.3 Å². The monoisotopic (exact) mass is 478 g/mol. The van der Waals surface area contributed by atoms with Gasteiger partial charge in [0.25, 0.3) is 11.8 Å². The number of hydrogen-bond donors (Lipinski definition) is 0. The highest BCUT2D eigenvalue weighted by atomic mass is 32.1. The van der Waals surface area contributed by atoms with Crippen LogP contribution in [0.5, 0.6) is 5.75 Å². The standard InChI is InChI=1S/C25H22N2O6S/c1-31-18-5-2-4-15(10-18)22-26-17(14-34-22)13-33-25(30)16-7-8-20-21(11-16)24(29)27(23(20)28)12-19-6-3-9-32-19/h2,4-5,7-8,10-11,14,19H,3,6,9,12-13H2,1H3. The Morgan fingerprint density at radius 2 is 2.03 bits per heavy atom. The molecule has 34 heavy (non-hydrogen) atoms. The minimum absolute atomic E-state index is 0.00555. The molecule has 0 bridgehead atoms. The Morgan fingerprint density at radius 3 is 2.82 bits per heavy atom. The summed E-state index contributed by atoms with van der Waals surface area (Å²) in [5.74, 6) is -0.619.